The molecule has 0 aromatic carbocycles. The number of halogens is 2. The average Bonchev–Trinajstić information content (AvgIpc) is 2.32. The normalized spacial score (nSPS) is 13.7. The molecule has 0 spiro atoms. The molecule has 5 heteroatoms. The molecule has 0 bridgehead atoms. The highest BCUT2D eigenvalue weighted by molar-refractivity contribution is 9.10. The van der Waals surface area contributed by atoms with E-state index in [2.05, 4.69) is 20.8 Å². The zero-order chi connectivity index (χ0) is 10.0. The molecule has 0 saturated carbocycles. The first-order valence-electron chi connectivity index (χ1n) is 3.87. The molecule has 0 saturated heterocycles. The van der Waals surface area contributed by atoms with Gasteiger partial charge in [0.15, 0.2) is 0 Å². The van der Waals surface area contributed by atoms with E-state index in [1.807, 2.05) is 20.2 Å². The summed E-state index contributed by atoms with van der Waals surface area (Å²) in [5.41, 5.74) is 5.67. The molecule has 0 radical (unpaired) electrons. The first-order chi connectivity index (χ1) is 6.06. The molecule has 2 N–H and O–H groups in total. The number of hydrogen-bond acceptors (Lipinski definition) is 3. The van der Waals surface area contributed by atoms with Crippen molar-refractivity contribution in [2.24, 2.45) is 5.73 Å². The zero-order valence-electron chi connectivity index (χ0n) is 7.55. The van der Waals surface area contributed by atoms with Crippen molar-refractivity contribution in [3.63, 3.8) is 0 Å². The predicted octanol–water partition coefficient (Wildman–Crippen LogP) is 2.73. The number of rotatable bonds is 3. The van der Waals surface area contributed by atoms with Crippen LogP contribution in [-0.2, 0) is 0 Å². The predicted molar refractivity (Wildman–Crippen MR) is 62.5 cm³/mol. The number of likely N-dealkylation sites (N-methyl/N-ethyl adjacent to an activating group) is 1. The minimum Gasteiger partial charge on any atom is -0.329 e. The van der Waals surface area contributed by atoms with E-state index in [4.69, 9.17) is 17.3 Å². The van der Waals surface area contributed by atoms with Crippen molar-refractivity contribution in [3.8, 4) is 0 Å². The summed E-state index contributed by atoms with van der Waals surface area (Å²) in [4.78, 5) is 3.29. The van der Waals surface area contributed by atoms with Crippen molar-refractivity contribution in [2.45, 2.75) is 6.04 Å². The second-order valence-corrected chi connectivity index (χ2v) is 5.53. The maximum Gasteiger partial charge on any atom is 0.107 e. The lowest BCUT2D eigenvalue weighted by Crippen LogP contribution is -2.26. The van der Waals surface area contributed by atoms with E-state index in [9.17, 15) is 0 Å². The fraction of sp³-hybridized carbons (Fsp3) is 0.500. The molecule has 74 valence electrons. The van der Waals surface area contributed by atoms with Crippen molar-refractivity contribution in [2.75, 3.05) is 20.6 Å². The third kappa shape index (κ3) is 2.67. The number of nitrogens with two attached hydrogens (primary N) is 1. The average molecular weight is 284 g/mol. The van der Waals surface area contributed by atoms with E-state index in [1.54, 1.807) is 11.3 Å². The summed E-state index contributed by atoms with van der Waals surface area (Å²) in [6, 6.07) is 2.29. The second kappa shape index (κ2) is 4.75. The molecular formula is C8H12BrClN2S. The summed E-state index contributed by atoms with van der Waals surface area (Å²) >= 11 is 10.9. The molecule has 1 unspecified atom stereocenters. The van der Waals surface area contributed by atoms with Crippen LogP contribution in [0.1, 0.15) is 10.9 Å². The lowest BCUT2D eigenvalue weighted by atomic mass is 10.2. The summed E-state index contributed by atoms with van der Waals surface area (Å²) in [6.07, 6.45) is 0. The largest absolute Gasteiger partial charge is 0.329 e. The Labute approximate surface area is 95.8 Å². The van der Waals surface area contributed by atoms with E-state index in [0.717, 1.165) is 8.81 Å². The van der Waals surface area contributed by atoms with Gasteiger partial charge in [-0.15, -0.1) is 11.3 Å². The van der Waals surface area contributed by atoms with Crippen molar-refractivity contribution in [1.82, 2.24) is 4.90 Å². The van der Waals surface area contributed by atoms with Gasteiger partial charge in [0, 0.05) is 15.9 Å². The van der Waals surface area contributed by atoms with Gasteiger partial charge in [-0.1, -0.05) is 11.6 Å². The van der Waals surface area contributed by atoms with Gasteiger partial charge in [-0.2, -0.15) is 0 Å². The minimum absolute atomic E-state index is 0.258. The van der Waals surface area contributed by atoms with Crippen LogP contribution in [0.5, 0.6) is 0 Å². The van der Waals surface area contributed by atoms with Crippen molar-refractivity contribution < 1.29 is 0 Å². The van der Waals surface area contributed by atoms with Crippen LogP contribution in [0.2, 0.25) is 4.34 Å². The molecule has 2 nitrogen and oxygen atoms in total. The van der Waals surface area contributed by atoms with Crippen molar-refractivity contribution in [3.05, 3.63) is 19.8 Å². The van der Waals surface area contributed by atoms with Gasteiger partial charge < -0.3 is 10.6 Å². The molecular weight excluding hydrogens is 272 g/mol. The molecule has 1 aromatic rings. The Morgan fingerprint density at radius 3 is 2.62 bits per heavy atom. The smallest absolute Gasteiger partial charge is 0.107 e. The monoisotopic (exact) mass is 282 g/mol. The summed E-state index contributed by atoms with van der Waals surface area (Å²) in [6.45, 7) is 0.607. The van der Waals surface area contributed by atoms with E-state index in [0.29, 0.717) is 6.54 Å². The van der Waals surface area contributed by atoms with Gasteiger partial charge in [0.25, 0.3) is 0 Å². The first kappa shape index (κ1) is 11.5. The van der Waals surface area contributed by atoms with E-state index in [-0.39, 0.29) is 6.04 Å². The van der Waals surface area contributed by atoms with Crippen LogP contribution >= 0.6 is 38.9 Å². The maximum absolute atomic E-state index is 5.95. The standard InChI is InChI=1S/C8H12BrClN2S/c1-12(2)6(4-11)7-3-5(9)8(10)13-7/h3,6H,4,11H2,1-2H3. The van der Waals surface area contributed by atoms with Gasteiger partial charge in [0.2, 0.25) is 0 Å². The molecule has 1 atom stereocenters. The van der Waals surface area contributed by atoms with Crippen LogP contribution in [0.25, 0.3) is 0 Å². The molecule has 0 aliphatic carbocycles. The molecule has 13 heavy (non-hydrogen) atoms. The maximum atomic E-state index is 5.95. The lowest BCUT2D eigenvalue weighted by Gasteiger charge is -2.20. The van der Waals surface area contributed by atoms with Crippen LogP contribution in [0, 0.1) is 0 Å². The van der Waals surface area contributed by atoms with E-state index in [1.165, 1.54) is 4.88 Å². The first-order valence-corrected chi connectivity index (χ1v) is 5.86. The van der Waals surface area contributed by atoms with Crippen LogP contribution in [0.3, 0.4) is 0 Å². The zero-order valence-corrected chi connectivity index (χ0v) is 10.7. The Kier molecular flexibility index (Phi) is 4.19. The van der Waals surface area contributed by atoms with Gasteiger partial charge in [-0.3, -0.25) is 0 Å². The molecule has 0 fully saturated rings. The minimum atomic E-state index is 0.258. The van der Waals surface area contributed by atoms with E-state index >= 15 is 0 Å². The topological polar surface area (TPSA) is 29.3 Å². The van der Waals surface area contributed by atoms with Crippen LogP contribution in [0.4, 0.5) is 0 Å². The quantitative estimate of drug-likeness (QED) is 0.924. The summed E-state index contributed by atoms with van der Waals surface area (Å²) in [7, 11) is 4.03. The van der Waals surface area contributed by atoms with Crippen LogP contribution in [-0.4, -0.2) is 25.5 Å². The number of thiophene rings is 1. The van der Waals surface area contributed by atoms with Crippen molar-refractivity contribution in [1.29, 1.82) is 0 Å². The Morgan fingerprint density at radius 1 is 1.69 bits per heavy atom. The van der Waals surface area contributed by atoms with Gasteiger partial charge in [0.1, 0.15) is 4.34 Å². The number of nitrogens with zero attached hydrogens (tertiary/aromatic N) is 1. The Bertz CT molecular complexity index is 268. The fourth-order valence-electron chi connectivity index (χ4n) is 1.11. The highest BCUT2D eigenvalue weighted by Gasteiger charge is 2.16. The summed E-state index contributed by atoms with van der Waals surface area (Å²) in [5.74, 6) is 0. The highest BCUT2D eigenvalue weighted by atomic mass is 79.9. The van der Waals surface area contributed by atoms with Crippen LogP contribution in [0.15, 0.2) is 10.5 Å². The Balaban J connectivity index is 2.92. The SMILES string of the molecule is CN(C)C(CN)c1cc(Br)c(Cl)s1. The highest BCUT2D eigenvalue weighted by Crippen LogP contribution is 2.36. The van der Waals surface area contributed by atoms with Crippen LogP contribution < -0.4 is 5.73 Å². The Hall–Kier alpha value is 0.390. The van der Waals surface area contributed by atoms with Gasteiger partial charge in [0.05, 0.1) is 6.04 Å². The summed E-state index contributed by atoms with van der Waals surface area (Å²) < 4.78 is 1.74. The summed E-state index contributed by atoms with van der Waals surface area (Å²) in [5, 5.41) is 0. The fourth-order valence-corrected chi connectivity index (χ4v) is 3.05. The molecule has 0 amide bonds. The Morgan fingerprint density at radius 2 is 2.31 bits per heavy atom. The third-order valence-corrected chi connectivity index (χ3v) is 4.42. The molecule has 1 heterocycles. The molecule has 1 aromatic heterocycles. The van der Waals surface area contributed by atoms with E-state index < -0.39 is 0 Å². The lowest BCUT2D eigenvalue weighted by molar-refractivity contribution is 0.310. The second-order valence-electron chi connectivity index (χ2n) is 2.99. The molecule has 0 aliphatic heterocycles. The molecule has 1 rings (SSSR count). The van der Waals surface area contributed by atoms with Crippen molar-refractivity contribution >= 4 is 38.9 Å². The van der Waals surface area contributed by atoms with Gasteiger partial charge in [-0.25, -0.2) is 0 Å². The van der Waals surface area contributed by atoms with Gasteiger partial charge >= 0.3 is 0 Å². The third-order valence-electron chi connectivity index (χ3n) is 1.84. The number of hydrogen-bond donors (Lipinski definition) is 1. The van der Waals surface area contributed by atoms with Gasteiger partial charge in [-0.05, 0) is 36.1 Å². The molecule has 0 aliphatic rings.